The van der Waals surface area contributed by atoms with E-state index in [0.29, 0.717) is 12.3 Å². The summed E-state index contributed by atoms with van der Waals surface area (Å²) >= 11 is 1.50. The molecule has 0 bridgehead atoms. The molecular formula is C17H18N4OS. The van der Waals surface area contributed by atoms with Gasteiger partial charge in [-0.05, 0) is 25.1 Å². The molecule has 2 aromatic heterocycles. The van der Waals surface area contributed by atoms with Crippen LogP contribution in [-0.2, 0) is 17.9 Å². The first-order chi connectivity index (χ1) is 11.3. The van der Waals surface area contributed by atoms with Gasteiger partial charge in [-0.2, -0.15) is 5.10 Å². The molecule has 0 aliphatic rings. The summed E-state index contributed by atoms with van der Waals surface area (Å²) in [6.07, 6.45) is 3.45. The van der Waals surface area contributed by atoms with Crippen LogP contribution >= 0.6 is 11.8 Å². The molecule has 3 aromatic rings. The van der Waals surface area contributed by atoms with Crippen LogP contribution in [0, 0.1) is 0 Å². The average molecular weight is 326 g/mol. The Bertz CT molecular complexity index is 801. The van der Waals surface area contributed by atoms with Gasteiger partial charge in [0.2, 0.25) is 5.91 Å². The molecule has 0 aliphatic heterocycles. The van der Waals surface area contributed by atoms with Crippen LogP contribution in [0.5, 0.6) is 0 Å². The highest BCUT2D eigenvalue weighted by Gasteiger charge is 2.10. The number of nitrogens with zero attached hydrogens (tertiary/aromatic N) is 3. The van der Waals surface area contributed by atoms with Gasteiger partial charge >= 0.3 is 0 Å². The Morgan fingerprint density at radius 2 is 2.00 bits per heavy atom. The molecule has 1 N–H and O–H groups in total. The van der Waals surface area contributed by atoms with Crippen molar-refractivity contribution in [2.45, 2.75) is 24.9 Å². The van der Waals surface area contributed by atoms with Crippen molar-refractivity contribution in [1.29, 1.82) is 0 Å². The zero-order chi connectivity index (χ0) is 16.1. The third-order valence-corrected chi connectivity index (χ3v) is 4.52. The SMILES string of the molecule is CCn1nc(CNC(=O)CSc2ccncc2)c2ccccc21. The first kappa shape index (κ1) is 15.6. The fourth-order valence-electron chi connectivity index (χ4n) is 2.38. The van der Waals surface area contributed by atoms with Crippen LogP contribution in [0.4, 0.5) is 0 Å². The van der Waals surface area contributed by atoms with Gasteiger partial charge in [0.1, 0.15) is 0 Å². The van der Waals surface area contributed by atoms with Gasteiger partial charge < -0.3 is 5.32 Å². The summed E-state index contributed by atoms with van der Waals surface area (Å²) in [5.41, 5.74) is 2.01. The van der Waals surface area contributed by atoms with E-state index in [2.05, 4.69) is 28.4 Å². The second-order valence-corrected chi connectivity index (χ2v) is 6.08. The Hall–Kier alpha value is -2.34. The Morgan fingerprint density at radius 3 is 2.78 bits per heavy atom. The Kier molecular flexibility index (Phi) is 4.92. The van der Waals surface area contributed by atoms with E-state index in [1.165, 1.54) is 11.8 Å². The summed E-state index contributed by atoms with van der Waals surface area (Å²) in [4.78, 5) is 17.0. The predicted octanol–water partition coefficient (Wildman–Crippen LogP) is 2.86. The molecule has 5 nitrogen and oxygen atoms in total. The smallest absolute Gasteiger partial charge is 0.230 e. The molecule has 0 spiro atoms. The van der Waals surface area contributed by atoms with Gasteiger partial charge in [0.05, 0.1) is 23.5 Å². The normalized spacial score (nSPS) is 10.8. The van der Waals surface area contributed by atoms with Crippen molar-refractivity contribution in [1.82, 2.24) is 20.1 Å². The summed E-state index contributed by atoms with van der Waals surface area (Å²) < 4.78 is 1.96. The molecule has 0 aliphatic carbocycles. The van der Waals surface area contributed by atoms with Crippen molar-refractivity contribution in [2.24, 2.45) is 0 Å². The fraction of sp³-hybridized carbons (Fsp3) is 0.235. The lowest BCUT2D eigenvalue weighted by atomic mass is 10.2. The van der Waals surface area contributed by atoms with Gasteiger partial charge in [0.25, 0.3) is 0 Å². The number of pyridine rings is 1. The molecule has 23 heavy (non-hydrogen) atoms. The number of thioether (sulfide) groups is 1. The maximum absolute atomic E-state index is 12.0. The summed E-state index contributed by atoms with van der Waals surface area (Å²) in [5.74, 6) is 0.387. The fourth-order valence-corrected chi connectivity index (χ4v) is 3.10. The minimum Gasteiger partial charge on any atom is -0.350 e. The maximum atomic E-state index is 12.0. The lowest BCUT2D eigenvalue weighted by Gasteiger charge is -2.03. The van der Waals surface area contributed by atoms with Gasteiger partial charge in [-0.25, -0.2) is 0 Å². The van der Waals surface area contributed by atoms with E-state index in [1.807, 2.05) is 35.0 Å². The average Bonchev–Trinajstić information content (AvgIpc) is 2.97. The van der Waals surface area contributed by atoms with E-state index >= 15 is 0 Å². The van der Waals surface area contributed by atoms with E-state index in [9.17, 15) is 4.79 Å². The lowest BCUT2D eigenvalue weighted by Crippen LogP contribution is -2.24. The van der Waals surface area contributed by atoms with Crippen LogP contribution in [0.1, 0.15) is 12.6 Å². The standard InChI is InChI=1S/C17H18N4OS/c1-2-21-16-6-4-3-5-14(16)15(20-21)11-19-17(22)12-23-13-7-9-18-10-8-13/h3-10H,2,11-12H2,1H3,(H,19,22). The van der Waals surface area contributed by atoms with E-state index in [-0.39, 0.29) is 5.91 Å². The summed E-state index contributed by atoms with van der Waals surface area (Å²) in [5, 5.41) is 8.63. The number of nitrogens with one attached hydrogen (secondary N) is 1. The molecule has 0 unspecified atom stereocenters. The van der Waals surface area contributed by atoms with Gasteiger partial charge in [-0.15, -0.1) is 11.8 Å². The minimum absolute atomic E-state index is 0.00180. The highest BCUT2D eigenvalue weighted by molar-refractivity contribution is 8.00. The quantitative estimate of drug-likeness (QED) is 0.708. The van der Waals surface area contributed by atoms with E-state index in [0.717, 1.165) is 28.0 Å². The van der Waals surface area contributed by atoms with E-state index < -0.39 is 0 Å². The van der Waals surface area contributed by atoms with Gasteiger partial charge in [-0.3, -0.25) is 14.5 Å². The van der Waals surface area contributed by atoms with Crippen molar-refractivity contribution in [2.75, 3.05) is 5.75 Å². The Morgan fingerprint density at radius 1 is 1.22 bits per heavy atom. The zero-order valence-electron chi connectivity index (χ0n) is 12.9. The highest BCUT2D eigenvalue weighted by Crippen LogP contribution is 2.19. The molecule has 0 saturated heterocycles. The molecule has 6 heteroatoms. The molecule has 118 valence electrons. The van der Waals surface area contributed by atoms with Crippen molar-refractivity contribution >= 4 is 28.6 Å². The lowest BCUT2D eigenvalue weighted by molar-refractivity contribution is -0.118. The van der Waals surface area contributed by atoms with Crippen molar-refractivity contribution in [3.8, 4) is 0 Å². The number of amides is 1. The van der Waals surface area contributed by atoms with Gasteiger partial charge in [-0.1, -0.05) is 18.2 Å². The van der Waals surface area contributed by atoms with Crippen molar-refractivity contribution in [3.05, 3.63) is 54.5 Å². The molecule has 0 atom stereocenters. The number of carbonyl (C=O) groups is 1. The van der Waals surface area contributed by atoms with Crippen molar-refractivity contribution < 1.29 is 4.79 Å². The third kappa shape index (κ3) is 3.71. The third-order valence-electron chi connectivity index (χ3n) is 3.51. The number of benzene rings is 1. The second-order valence-electron chi connectivity index (χ2n) is 5.03. The van der Waals surface area contributed by atoms with Crippen LogP contribution in [-0.4, -0.2) is 26.4 Å². The highest BCUT2D eigenvalue weighted by atomic mass is 32.2. The first-order valence-corrected chi connectivity index (χ1v) is 8.50. The first-order valence-electron chi connectivity index (χ1n) is 7.52. The number of rotatable bonds is 6. The Balaban J connectivity index is 1.61. The Labute approximate surface area is 139 Å². The minimum atomic E-state index is 0.00180. The van der Waals surface area contributed by atoms with Crippen LogP contribution in [0.2, 0.25) is 0 Å². The summed E-state index contributed by atoms with van der Waals surface area (Å²) in [6.45, 7) is 3.32. The summed E-state index contributed by atoms with van der Waals surface area (Å²) in [6, 6.07) is 11.9. The summed E-state index contributed by atoms with van der Waals surface area (Å²) in [7, 11) is 0. The second kappa shape index (κ2) is 7.28. The van der Waals surface area contributed by atoms with Crippen LogP contribution < -0.4 is 5.32 Å². The van der Waals surface area contributed by atoms with Gasteiger partial charge in [0.15, 0.2) is 0 Å². The van der Waals surface area contributed by atoms with Crippen LogP contribution in [0.25, 0.3) is 10.9 Å². The largest absolute Gasteiger partial charge is 0.350 e. The molecule has 3 rings (SSSR count). The number of fused-ring (bicyclic) bond motifs is 1. The number of hydrogen-bond acceptors (Lipinski definition) is 4. The number of hydrogen-bond donors (Lipinski definition) is 1. The van der Waals surface area contributed by atoms with Crippen molar-refractivity contribution in [3.63, 3.8) is 0 Å². The molecule has 0 radical (unpaired) electrons. The van der Waals surface area contributed by atoms with Gasteiger partial charge in [0, 0.05) is 29.2 Å². The number of carbonyl (C=O) groups excluding carboxylic acids is 1. The predicted molar refractivity (Wildman–Crippen MR) is 92.2 cm³/mol. The molecule has 0 fully saturated rings. The van der Waals surface area contributed by atoms with E-state index in [1.54, 1.807) is 12.4 Å². The van der Waals surface area contributed by atoms with E-state index in [4.69, 9.17) is 0 Å². The number of aromatic nitrogens is 3. The molecule has 2 heterocycles. The molecule has 1 aromatic carbocycles. The van der Waals surface area contributed by atoms with Crippen LogP contribution in [0.3, 0.4) is 0 Å². The van der Waals surface area contributed by atoms with Crippen LogP contribution in [0.15, 0.2) is 53.7 Å². The topological polar surface area (TPSA) is 59.8 Å². The molecule has 1 amide bonds. The maximum Gasteiger partial charge on any atom is 0.230 e. The number of aryl methyl sites for hydroxylation is 1. The molecule has 0 saturated carbocycles. The molecular weight excluding hydrogens is 308 g/mol. The number of para-hydroxylation sites is 1. The monoisotopic (exact) mass is 326 g/mol. The zero-order valence-corrected chi connectivity index (χ0v) is 13.7.